The number of anilines is 1. The van der Waals surface area contributed by atoms with Crippen molar-refractivity contribution >= 4 is 11.8 Å². The van der Waals surface area contributed by atoms with E-state index in [1.54, 1.807) is 12.4 Å². The molecule has 0 amide bonds. The van der Waals surface area contributed by atoms with Crippen molar-refractivity contribution in [3.8, 4) is 0 Å². The number of halogens is 3. The highest BCUT2D eigenvalue weighted by Crippen LogP contribution is 2.36. The van der Waals surface area contributed by atoms with Crippen molar-refractivity contribution in [2.75, 3.05) is 37.6 Å². The molecule has 0 spiro atoms. The molecule has 9 heteroatoms. The first kappa shape index (κ1) is 18.9. The van der Waals surface area contributed by atoms with Gasteiger partial charge in [0.1, 0.15) is 5.82 Å². The summed E-state index contributed by atoms with van der Waals surface area (Å²) < 4.78 is 31.7. The number of rotatable bonds is 3. The fraction of sp³-hybridized carbons (Fsp3) is 0.706. The lowest BCUT2D eigenvalue weighted by molar-refractivity contribution is -0.192. The van der Waals surface area contributed by atoms with Gasteiger partial charge in [-0.2, -0.15) is 13.2 Å². The van der Waals surface area contributed by atoms with E-state index in [9.17, 15) is 13.2 Å². The second kappa shape index (κ2) is 7.77. The highest BCUT2D eigenvalue weighted by molar-refractivity contribution is 5.73. The van der Waals surface area contributed by atoms with E-state index in [-0.39, 0.29) is 0 Å². The van der Waals surface area contributed by atoms with Gasteiger partial charge in [0.05, 0.1) is 6.20 Å². The largest absolute Gasteiger partial charge is 0.490 e. The Labute approximate surface area is 150 Å². The third-order valence-corrected chi connectivity index (χ3v) is 5.21. The molecule has 0 unspecified atom stereocenters. The molecule has 2 atom stereocenters. The highest BCUT2D eigenvalue weighted by Gasteiger charge is 2.39. The predicted molar refractivity (Wildman–Crippen MR) is 88.7 cm³/mol. The zero-order valence-corrected chi connectivity index (χ0v) is 14.4. The average Bonchev–Trinajstić information content (AvgIpc) is 3.31. The number of hydrogen-bond acceptors (Lipinski definition) is 5. The summed E-state index contributed by atoms with van der Waals surface area (Å²) in [5.74, 6) is 1.04. The first-order valence-corrected chi connectivity index (χ1v) is 8.86. The van der Waals surface area contributed by atoms with Gasteiger partial charge < -0.3 is 14.9 Å². The van der Waals surface area contributed by atoms with E-state index in [4.69, 9.17) is 9.90 Å². The molecule has 3 heterocycles. The maximum Gasteiger partial charge on any atom is 0.490 e. The van der Waals surface area contributed by atoms with Crippen LogP contribution >= 0.6 is 0 Å². The molecule has 6 nitrogen and oxygen atoms in total. The predicted octanol–water partition coefficient (Wildman–Crippen LogP) is 2.28. The van der Waals surface area contributed by atoms with Gasteiger partial charge in [-0.1, -0.05) is 0 Å². The lowest BCUT2D eigenvalue weighted by atomic mass is 9.88. The molecule has 1 N–H and O–H groups in total. The van der Waals surface area contributed by atoms with Crippen LogP contribution in [0.15, 0.2) is 18.6 Å². The van der Waals surface area contributed by atoms with Gasteiger partial charge in [0.25, 0.3) is 0 Å². The van der Waals surface area contributed by atoms with Crippen LogP contribution in [-0.4, -0.2) is 64.8 Å². The van der Waals surface area contributed by atoms with Crippen LogP contribution in [0.4, 0.5) is 19.0 Å². The van der Waals surface area contributed by atoms with Crippen molar-refractivity contribution in [1.82, 2.24) is 14.9 Å². The smallest absolute Gasteiger partial charge is 0.475 e. The first-order valence-electron chi connectivity index (χ1n) is 8.86. The van der Waals surface area contributed by atoms with E-state index in [0.717, 1.165) is 23.6 Å². The number of fused-ring (bicyclic) bond motifs is 1. The quantitative estimate of drug-likeness (QED) is 0.878. The molecule has 0 aromatic carbocycles. The minimum atomic E-state index is -5.08. The third kappa shape index (κ3) is 5.06. The van der Waals surface area contributed by atoms with Crippen molar-refractivity contribution in [2.24, 2.45) is 17.8 Å². The van der Waals surface area contributed by atoms with Gasteiger partial charge in [0, 0.05) is 38.6 Å². The van der Waals surface area contributed by atoms with Crippen molar-refractivity contribution in [1.29, 1.82) is 0 Å². The number of hydrogen-bond donors (Lipinski definition) is 1. The summed E-state index contributed by atoms with van der Waals surface area (Å²) in [6.45, 7) is 6.32. The Morgan fingerprint density at radius 2 is 1.85 bits per heavy atom. The van der Waals surface area contributed by atoms with Crippen LogP contribution in [0.1, 0.15) is 19.3 Å². The Bertz CT molecular complexity index is 610. The SMILES string of the molecule is O=C(O)C(F)(F)F.c1cnc(N2C[C@H]3CCN(CC4CC4)C[C@H]3C2)cn1. The van der Waals surface area contributed by atoms with Crippen LogP contribution in [-0.2, 0) is 4.79 Å². The van der Waals surface area contributed by atoms with Crippen molar-refractivity contribution in [2.45, 2.75) is 25.4 Å². The van der Waals surface area contributed by atoms with Gasteiger partial charge in [-0.25, -0.2) is 9.78 Å². The summed E-state index contributed by atoms with van der Waals surface area (Å²) in [4.78, 5) is 22.7. The Morgan fingerprint density at radius 1 is 1.15 bits per heavy atom. The van der Waals surface area contributed by atoms with Crippen LogP contribution in [0, 0.1) is 17.8 Å². The summed E-state index contributed by atoms with van der Waals surface area (Å²) in [5, 5.41) is 7.12. The second-order valence-corrected chi connectivity index (χ2v) is 7.28. The Kier molecular flexibility index (Phi) is 5.64. The minimum absolute atomic E-state index is 0.842. The fourth-order valence-electron chi connectivity index (χ4n) is 3.72. The topological polar surface area (TPSA) is 69.6 Å². The molecule has 2 aliphatic heterocycles. The molecule has 0 radical (unpaired) electrons. The number of likely N-dealkylation sites (tertiary alicyclic amines) is 1. The van der Waals surface area contributed by atoms with Crippen LogP contribution in [0.3, 0.4) is 0 Å². The molecule has 1 saturated carbocycles. The molecule has 0 bridgehead atoms. The lowest BCUT2D eigenvalue weighted by Crippen LogP contribution is -2.40. The van der Waals surface area contributed by atoms with Crippen LogP contribution in [0.25, 0.3) is 0 Å². The molecule has 3 fully saturated rings. The maximum atomic E-state index is 10.6. The number of aromatic nitrogens is 2. The highest BCUT2D eigenvalue weighted by atomic mass is 19.4. The van der Waals surface area contributed by atoms with Crippen molar-refractivity contribution in [3.05, 3.63) is 18.6 Å². The average molecular weight is 372 g/mol. The Balaban J connectivity index is 0.000000242. The molecule has 4 rings (SSSR count). The summed E-state index contributed by atoms with van der Waals surface area (Å²) in [6.07, 6.45) is 4.68. The van der Waals surface area contributed by atoms with E-state index in [1.165, 1.54) is 52.0 Å². The van der Waals surface area contributed by atoms with Crippen molar-refractivity contribution < 1.29 is 23.1 Å². The number of carboxylic acids is 1. The first-order chi connectivity index (χ1) is 12.3. The number of aliphatic carboxylic acids is 1. The zero-order valence-electron chi connectivity index (χ0n) is 14.4. The zero-order chi connectivity index (χ0) is 18.7. The Morgan fingerprint density at radius 3 is 2.42 bits per heavy atom. The number of carboxylic acid groups (broad SMARTS) is 1. The molecule has 26 heavy (non-hydrogen) atoms. The third-order valence-electron chi connectivity index (χ3n) is 5.21. The summed E-state index contributed by atoms with van der Waals surface area (Å²) >= 11 is 0. The molecular weight excluding hydrogens is 349 g/mol. The van der Waals surface area contributed by atoms with Gasteiger partial charge >= 0.3 is 12.1 Å². The van der Waals surface area contributed by atoms with Gasteiger partial charge in [-0.05, 0) is 43.6 Å². The molecule has 1 aromatic heterocycles. The summed E-state index contributed by atoms with van der Waals surface area (Å²) in [6, 6.07) is 0. The van der Waals surface area contributed by atoms with E-state index >= 15 is 0 Å². The van der Waals surface area contributed by atoms with E-state index in [0.29, 0.717) is 0 Å². The Hall–Kier alpha value is -1.90. The van der Waals surface area contributed by atoms with Gasteiger partial charge in [0.15, 0.2) is 0 Å². The molecule has 3 aliphatic rings. The number of carbonyl (C=O) groups is 1. The molecular formula is C17H23F3N4O2. The molecule has 2 saturated heterocycles. The van der Waals surface area contributed by atoms with E-state index < -0.39 is 12.1 Å². The molecule has 1 aromatic rings. The van der Waals surface area contributed by atoms with Crippen LogP contribution < -0.4 is 4.90 Å². The molecule has 1 aliphatic carbocycles. The normalized spacial score (nSPS) is 26.0. The van der Waals surface area contributed by atoms with Gasteiger partial charge in [0.2, 0.25) is 0 Å². The lowest BCUT2D eigenvalue weighted by Gasteiger charge is -2.34. The summed E-state index contributed by atoms with van der Waals surface area (Å²) in [5.41, 5.74) is 0. The number of alkyl halides is 3. The maximum absolute atomic E-state index is 10.6. The standard InChI is InChI=1S/C15H22N4.C2HF3O2/c1-2-12(1)8-18-6-3-13-10-19(11-14(13)9-18)15-7-16-4-5-17-15;3-2(4,5)1(6)7/h4-5,7,12-14H,1-3,6,8-11H2;(H,6,7)/t13-,14+;/m1./s1. The van der Waals surface area contributed by atoms with E-state index in [2.05, 4.69) is 19.8 Å². The molecule has 144 valence electrons. The van der Waals surface area contributed by atoms with Crippen LogP contribution in [0.5, 0.6) is 0 Å². The van der Waals surface area contributed by atoms with Crippen LogP contribution in [0.2, 0.25) is 0 Å². The van der Waals surface area contributed by atoms with E-state index in [1.807, 2.05) is 6.20 Å². The summed E-state index contributed by atoms with van der Waals surface area (Å²) in [7, 11) is 0. The minimum Gasteiger partial charge on any atom is -0.475 e. The van der Waals surface area contributed by atoms with Gasteiger partial charge in [-0.15, -0.1) is 0 Å². The monoisotopic (exact) mass is 372 g/mol. The van der Waals surface area contributed by atoms with Crippen molar-refractivity contribution in [3.63, 3.8) is 0 Å². The van der Waals surface area contributed by atoms with Gasteiger partial charge in [-0.3, -0.25) is 4.98 Å². The fourth-order valence-corrected chi connectivity index (χ4v) is 3.72. The second-order valence-electron chi connectivity index (χ2n) is 7.28. The number of piperidine rings is 1. The number of nitrogens with zero attached hydrogens (tertiary/aromatic N) is 4.